The van der Waals surface area contributed by atoms with Gasteiger partial charge in [-0.1, -0.05) is 6.92 Å². The average Bonchev–Trinajstić information content (AvgIpc) is 3.06. The summed E-state index contributed by atoms with van der Waals surface area (Å²) in [5.41, 5.74) is 2.02. The summed E-state index contributed by atoms with van der Waals surface area (Å²) in [5.74, 6) is 0.811. The second-order valence-corrected chi connectivity index (χ2v) is 6.17. The number of rotatable bonds is 10. The van der Waals surface area contributed by atoms with Crippen molar-refractivity contribution in [2.75, 3.05) is 26.9 Å². The maximum atomic E-state index is 12.4. The van der Waals surface area contributed by atoms with E-state index < -0.39 is 0 Å². The van der Waals surface area contributed by atoms with Crippen LogP contribution in [-0.2, 0) is 27.4 Å². The second-order valence-electron chi connectivity index (χ2n) is 6.17. The Morgan fingerprint density at radius 3 is 2.42 bits per heavy atom. The third-order valence-corrected chi connectivity index (χ3v) is 4.13. The molecule has 144 valence electrons. The molecule has 1 aromatic carbocycles. The molecule has 1 heterocycles. The van der Waals surface area contributed by atoms with E-state index in [1.165, 1.54) is 0 Å². The largest absolute Gasteiger partial charge is 0.493 e. The fourth-order valence-corrected chi connectivity index (χ4v) is 2.76. The lowest BCUT2D eigenvalue weighted by atomic mass is 10.1. The molecule has 7 heteroatoms. The lowest BCUT2D eigenvalue weighted by Gasteiger charge is -2.14. The number of amides is 1. The van der Waals surface area contributed by atoms with E-state index in [1.54, 1.807) is 12.0 Å². The van der Waals surface area contributed by atoms with Crippen LogP contribution in [0.4, 0.5) is 0 Å². The number of methoxy groups -OCH3 is 1. The maximum Gasteiger partial charge on any atom is 0.306 e. The molecule has 7 nitrogen and oxygen atoms in total. The Kier molecular flexibility index (Phi) is 7.72. The van der Waals surface area contributed by atoms with Crippen molar-refractivity contribution in [3.63, 3.8) is 0 Å². The lowest BCUT2D eigenvalue weighted by molar-refractivity contribution is -0.146. The van der Waals surface area contributed by atoms with E-state index >= 15 is 0 Å². The molecule has 1 N–H and O–H groups in total. The molecule has 1 aromatic rings. The van der Waals surface area contributed by atoms with Gasteiger partial charge in [0, 0.05) is 32.5 Å². The number of carbonyl (C=O) groups excluding carboxylic acids is 2. The highest BCUT2D eigenvalue weighted by Gasteiger charge is 2.25. The normalized spacial score (nSPS) is 12.7. The molecule has 0 atom stereocenters. The predicted molar refractivity (Wildman–Crippen MR) is 94.9 cm³/mol. The minimum Gasteiger partial charge on any atom is -0.493 e. The van der Waals surface area contributed by atoms with Gasteiger partial charge in [-0.25, -0.2) is 0 Å². The molecular weight excluding hydrogens is 338 g/mol. The number of esters is 1. The van der Waals surface area contributed by atoms with Crippen molar-refractivity contribution < 1.29 is 28.9 Å². The minimum absolute atomic E-state index is 0.0657. The van der Waals surface area contributed by atoms with E-state index in [0.29, 0.717) is 44.2 Å². The van der Waals surface area contributed by atoms with Crippen LogP contribution in [-0.4, -0.2) is 48.8 Å². The van der Waals surface area contributed by atoms with Gasteiger partial charge in [0.2, 0.25) is 5.91 Å². The van der Waals surface area contributed by atoms with Crippen LogP contribution in [0.1, 0.15) is 43.7 Å². The first-order valence-corrected chi connectivity index (χ1v) is 8.95. The van der Waals surface area contributed by atoms with Gasteiger partial charge < -0.3 is 24.2 Å². The molecule has 0 fully saturated rings. The zero-order valence-electron chi connectivity index (χ0n) is 15.5. The first-order valence-electron chi connectivity index (χ1n) is 8.95. The zero-order valence-corrected chi connectivity index (χ0v) is 15.5. The van der Waals surface area contributed by atoms with Gasteiger partial charge in [0.1, 0.15) is 0 Å². The highest BCUT2D eigenvalue weighted by Crippen LogP contribution is 2.35. The topological polar surface area (TPSA) is 85.3 Å². The molecule has 0 saturated carbocycles. The first kappa shape index (κ1) is 20.0. The van der Waals surface area contributed by atoms with E-state index in [4.69, 9.17) is 19.3 Å². The highest BCUT2D eigenvalue weighted by molar-refractivity contribution is 5.82. The molecule has 0 radical (unpaired) electrons. The maximum absolute atomic E-state index is 12.4. The third-order valence-electron chi connectivity index (χ3n) is 4.13. The predicted octanol–water partition coefficient (Wildman–Crippen LogP) is 2.03. The molecule has 0 bridgehead atoms. The summed E-state index contributed by atoms with van der Waals surface area (Å²) in [7, 11) is 1.57. The van der Waals surface area contributed by atoms with E-state index in [-0.39, 0.29) is 31.3 Å². The van der Waals surface area contributed by atoms with Gasteiger partial charge >= 0.3 is 5.97 Å². The second kappa shape index (κ2) is 10.0. The molecule has 0 aromatic heterocycles. The highest BCUT2D eigenvalue weighted by atomic mass is 16.5. The molecule has 1 amide bonds. The van der Waals surface area contributed by atoms with Crippen molar-refractivity contribution in [3.05, 3.63) is 23.3 Å². The Hall–Kier alpha value is -2.28. The van der Waals surface area contributed by atoms with Crippen molar-refractivity contribution in [1.82, 2.24) is 4.90 Å². The van der Waals surface area contributed by atoms with Crippen molar-refractivity contribution in [1.29, 1.82) is 0 Å². The van der Waals surface area contributed by atoms with Crippen molar-refractivity contribution in [2.45, 2.75) is 45.7 Å². The molecular formula is C19H27NO6. The van der Waals surface area contributed by atoms with Gasteiger partial charge in [-0.2, -0.15) is 0 Å². The first-order chi connectivity index (χ1) is 12.6. The molecule has 1 aliphatic heterocycles. The number of ether oxygens (including phenoxy) is 3. The van der Waals surface area contributed by atoms with Crippen LogP contribution in [0.5, 0.6) is 11.5 Å². The van der Waals surface area contributed by atoms with Crippen LogP contribution < -0.4 is 9.47 Å². The molecule has 1 aliphatic rings. The van der Waals surface area contributed by atoms with Crippen LogP contribution in [0, 0.1) is 0 Å². The van der Waals surface area contributed by atoms with Crippen molar-refractivity contribution >= 4 is 11.9 Å². The Labute approximate surface area is 153 Å². The van der Waals surface area contributed by atoms with E-state index in [0.717, 1.165) is 17.5 Å². The zero-order chi connectivity index (χ0) is 18.9. The van der Waals surface area contributed by atoms with Crippen LogP contribution >= 0.6 is 0 Å². The minimum atomic E-state index is -0.335. The Balaban J connectivity index is 1.94. The van der Waals surface area contributed by atoms with Gasteiger partial charge in [-0.3, -0.25) is 9.59 Å². The molecule has 0 saturated heterocycles. The third kappa shape index (κ3) is 5.36. The van der Waals surface area contributed by atoms with E-state index in [1.807, 2.05) is 19.1 Å². The molecule has 2 rings (SSSR count). The quantitative estimate of drug-likeness (QED) is 0.504. The average molecular weight is 365 g/mol. The molecule has 0 aliphatic carbocycles. The van der Waals surface area contributed by atoms with Crippen LogP contribution in [0.2, 0.25) is 0 Å². The van der Waals surface area contributed by atoms with Gasteiger partial charge in [0.15, 0.2) is 11.5 Å². The molecule has 0 unspecified atom stereocenters. The molecule has 26 heavy (non-hydrogen) atoms. The monoisotopic (exact) mass is 365 g/mol. The molecule has 0 spiro atoms. The van der Waals surface area contributed by atoms with E-state index in [2.05, 4.69) is 0 Å². The number of aliphatic hydroxyl groups excluding tert-OH is 1. The number of benzene rings is 1. The Bertz CT molecular complexity index is 631. The number of hydrogen-bond acceptors (Lipinski definition) is 6. The van der Waals surface area contributed by atoms with Gasteiger partial charge in [-0.15, -0.1) is 0 Å². The standard InChI is InChI=1S/C19H27NO6/c1-3-8-26-19(23)6-5-18(22)20-12-14-10-16(24-2)17(11-15(14)13-20)25-9-4-7-21/h10-11,21H,3-9,12-13H2,1-2H3. The van der Waals surface area contributed by atoms with Gasteiger partial charge in [-0.05, 0) is 29.7 Å². The Morgan fingerprint density at radius 2 is 1.81 bits per heavy atom. The summed E-state index contributed by atoms with van der Waals surface area (Å²) >= 11 is 0. The van der Waals surface area contributed by atoms with Crippen LogP contribution in [0.15, 0.2) is 12.1 Å². The summed E-state index contributed by atoms with van der Waals surface area (Å²) in [5, 5.41) is 8.87. The number of hydrogen-bond donors (Lipinski definition) is 1. The number of fused-ring (bicyclic) bond motifs is 1. The van der Waals surface area contributed by atoms with Gasteiger partial charge in [0.25, 0.3) is 0 Å². The smallest absolute Gasteiger partial charge is 0.306 e. The van der Waals surface area contributed by atoms with Crippen molar-refractivity contribution in [3.8, 4) is 11.5 Å². The Morgan fingerprint density at radius 1 is 1.12 bits per heavy atom. The lowest BCUT2D eigenvalue weighted by Crippen LogP contribution is -2.25. The summed E-state index contributed by atoms with van der Waals surface area (Å²) in [6, 6.07) is 3.76. The fraction of sp³-hybridized carbons (Fsp3) is 0.579. The van der Waals surface area contributed by atoms with Crippen LogP contribution in [0.25, 0.3) is 0 Å². The number of carbonyl (C=O) groups is 2. The van der Waals surface area contributed by atoms with Crippen LogP contribution in [0.3, 0.4) is 0 Å². The SMILES string of the molecule is CCCOC(=O)CCC(=O)N1Cc2cc(OC)c(OCCCO)cc2C1. The van der Waals surface area contributed by atoms with E-state index in [9.17, 15) is 9.59 Å². The number of aliphatic hydroxyl groups is 1. The summed E-state index contributed by atoms with van der Waals surface area (Å²) in [4.78, 5) is 25.6. The van der Waals surface area contributed by atoms with Crippen molar-refractivity contribution in [2.24, 2.45) is 0 Å². The number of nitrogens with zero attached hydrogens (tertiary/aromatic N) is 1. The van der Waals surface area contributed by atoms with Gasteiger partial charge in [0.05, 0.1) is 26.7 Å². The summed E-state index contributed by atoms with van der Waals surface area (Å²) in [6.45, 7) is 3.76. The summed E-state index contributed by atoms with van der Waals surface area (Å²) < 4.78 is 16.0. The fourth-order valence-electron chi connectivity index (χ4n) is 2.76. The summed E-state index contributed by atoms with van der Waals surface area (Å²) in [6.07, 6.45) is 1.56.